The van der Waals surface area contributed by atoms with Gasteiger partial charge in [0.15, 0.2) is 5.65 Å². The third-order valence-corrected chi connectivity index (χ3v) is 2.65. The van der Waals surface area contributed by atoms with Gasteiger partial charge in [-0.2, -0.15) is 10.1 Å². The maximum atomic E-state index is 5.89. The molecule has 0 fully saturated rings. The van der Waals surface area contributed by atoms with E-state index in [0.717, 1.165) is 12.2 Å². The van der Waals surface area contributed by atoms with Crippen LogP contribution in [-0.4, -0.2) is 29.3 Å². The number of hydrogen-bond donors (Lipinski definition) is 2. The summed E-state index contributed by atoms with van der Waals surface area (Å²) in [6.45, 7) is 2.79. The molecule has 0 aliphatic heterocycles. The van der Waals surface area contributed by atoms with Gasteiger partial charge in [0.2, 0.25) is 11.9 Å². The molecule has 0 amide bonds. The molecule has 0 aromatic carbocycles. The number of fused-ring (bicyclic) bond motifs is 1. The van der Waals surface area contributed by atoms with E-state index >= 15 is 0 Å². The molecule has 0 aliphatic carbocycles. The molecule has 3 aromatic rings. The fourth-order valence-corrected chi connectivity index (χ4v) is 1.80. The molecule has 0 saturated carbocycles. The smallest absolute Gasteiger partial charge is 0.222 e. The normalized spacial score (nSPS) is 11.2. The molecule has 0 aliphatic rings. The standard InChI is InChI=1S/C10H12N8/c1-2-17-5-6(3-14-17)18-8-7(15-10(18)12)4-13-9(11)16-8/h3-5H,2H2,1H3,(H2,12,15)(H2,11,13,16). The molecule has 0 atom stereocenters. The molecule has 0 unspecified atom stereocenters. The van der Waals surface area contributed by atoms with Crippen LogP contribution in [0.5, 0.6) is 0 Å². The van der Waals surface area contributed by atoms with E-state index in [9.17, 15) is 0 Å². The third-order valence-electron chi connectivity index (χ3n) is 2.65. The minimum atomic E-state index is 0.187. The highest BCUT2D eigenvalue weighted by Gasteiger charge is 2.13. The van der Waals surface area contributed by atoms with E-state index < -0.39 is 0 Å². The molecule has 92 valence electrons. The quantitative estimate of drug-likeness (QED) is 0.665. The van der Waals surface area contributed by atoms with Crippen LogP contribution < -0.4 is 11.5 Å². The van der Waals surface area contributed by atoms with Gasteiger partial charge in [0.1, 0.15) is 5.52 Å². The average Bonchev–Trinajstić information content (AvgIpc) is 2.92. The lowest BCUT2D eigenvalue weighted by Crippen LogP contribution is -2.02. The van der Waals surface area contributed by atoms with E-state index in [0.29, 0.717) is 17.1 Å². The number of anilines is 2. The maximum absolute atomic E-state index is 5.89. The minimum Gasteiger partial charge on any atom is -0.369 e. The first-order chi connectivity index (χ1) is 8.69. The first kappa shape index (κ1) is 10.5. The van der Waals surface area contributed by atoms with E-state index in [1.807, 2.05) is 13.1 Å². The van der Waals surface area contributed by atoms with Gasteiger partial charge in [-0.3, -0.25) is 9.25 Å². The highest BCUT2D eigenvalue weighted by atomic mass is 15.3. The summed E-state index contributed by atoms with van der Waals surface area (Å²) >= 11 is 0. The first-order valence-corrected chi connectivity index (χ1v) is 5.48. The van der Waals surface area contributed by atoms with Gasteiger partial charge in [0.05, 0.1) is 18.1 Å². The summed E-state index contributed by atoms with van der Waals surface area (Å²) in [5.41, 5.74) is 13.5. The Labute approximate surface area is 102 Å². The van der Waals surface area contributed by atoms with E-state index in [1.165, 1.54) is 0 Å². The van der Waals surface area contributed by atoms with E-state index in [-0.39, 0.29) is 5.95 Å². The van der Waals surface area contributed by atoms with Gasteiger partial charge in [-0.1, -0.05) is 0 Å². The van der Waals surface area contributed by atoms with Gasteiger partial charge in [0.25, 0.3) is 0 Å². The summed E-state index contributed by atoms with van der Waals surface area (Å²) in [5, 5.41) is 4.20. The predicted octanol–water partition coefficient (Wildman–Crippen LogP) is 0.196. The zero-order valence-corrected chi connectivity index (χ0v) is 9.78. The molecule has 18 heavy (non-hydrogen) atoms. The number of rotatable bonds is 2. The van der Waals surface area contributed by atoms with Crippen LogP contribution in [0.3, 0.4) is 0 Å². The van der Waals surface area contributed by atoms with Gasteiger partial charge >= 0.3 is 0 Å². The Bertz CT molecular complexity index is 710. The van der Waals surface area contributed by atoms with Crippen LogP contribution in [-0.2, 0) is 6.54 Å². The van der Waals surface area contributed by atoms with Crippen LogP contribution >= 0.6 is 0 Å². The Kier molecular flexibility index (Phi) is 2.15. The largest absolute Gasteiger partial charge is 0.369 e. The van der Waals surface area contributed by atoms with Crippen molar-refractivity contribution in [3.05, 3.63) is 18.6 Å². The number of imidazole rings is 1. The number of hydrogen-bond acceptors (Lipinski definition) is 6. The summed E-state index contributed by atoms with van der Waals surface area (Å²) in [5.74, 6) is 0.520. The minimum absolute atomic E-state index is 0.187. The topological polar surface area (TPSA) is 113 Å². The number of nitrogens with zero attached hydrogens (tertiary/aromatic N) is 6. The fourth-order valence-electron chi connectivity index (χ4n) is 1.80. The molecule has 0 spiro atoms. The molecule has 3 aromatic heterocycles. The van der Waals surface area contributed by atoms with E-state index in [1.54, 1.807) is 21.6 Å². The molecule has 0 bridgehead atoms. The summed E-state index contributed by atoms with van der Waals surface area (Å²) < 4.78 is 3.50. The summed E-state index contributed by atoms with van der Waals surface area (Å²) in [6.07, 6.45) is 5.13. The monoisotopic (exact) mass is 244 g/mol. The highest BCUT2D eigenvalue weighted by Crippen LogP contribution is 2.20. The average molecular weight is 244 g/mol. The first-order valence-electron chi connectivity index (χ1n) is 5.48. The van der Waals surface area contributed by atoms with Gasteiger partial charge < -0.3 is 11.5 Å². The molecule has 4 N–H and O–H groups in total. The maximum Gasteiger partial charge on any atom is 0.222 e. The molecule has 3 heterocycles. The Morgan fingerprint density at radius 1 is 1.22 bits per heavy atom. The molecule has 3 rings (SSSR count). The SMILES string of the molecule is CCn1cc(-n2c(N)nc3cnc(N)nc32)cn1. The van der Waals surface area contributed by atoms with Crippen LogP contribution in [0.2, 0.25) is 0 Å². The van der Waals surface area contributed by atoms with Crippen LogP contribution in [0.4, 0.5) is 11.9 Å². The van der Waals surface area contributed by atoms with Crippen LogP contribution in [0.1, 0.15) is 6.92 Å². The lowest BCUT2D eigenvalue weighted by atomic mass is 10.5. The van der Waals surface area contributed by atoms with Crippen molar-refractivity contribution in [3.8, 4) is 5.69 Å². The molecular formula is C10H12N8. The van der Waals surface area contributed by atoms with Crippen molar-refractivity contribution in [1.82, 2.24) is 29.3 Å². The van der Waals surface area contributed by atoms with E-state index in [2.05, 4.69) is 20.1 Å². The summed E-state index contributed by atoms with van der Waals surface area (Å²) in [7, 11) is 0. The second-order valence-electron chi connectivity index (χ2n) is 3.80. The zero-order valence-electron chi connectivity index (χ0n) is 9.78. The number of aromatic nitrogens is 6. The van der Waals surface area contributed by atoms with Crippen molar-refractivity contribution in [2.45, 2.75) is 13.5 Å². The van der Waals surface area contributed by atoms with Crippen LogP contribution in [0, 0.1) is 0 Å². The van der Waals surface area contributed by atoms with Crippen LogP contribution in [0.15, 0.2) is 18.6 Å². The molecule has 8 heteroatoms. The van der Waals surface area contributed by atoms with Crippen molar-refractivity contribution < 1.29 is 0 Å². The zero-order chi connectivity index (χ0) is 12.7. The summed E-state index contributed by atoms with van der Waals surface area (Å²) in [4.78, 5) is 12.2. The summed E-state index contributed by atoms with van der Waals surface area (Å²) in [6, 6.07) is 0. The fraction of sp³-hybridized carbons (Fsp3) is 0.200. The Morgan fingerprint density at radius 2 is 2.06 bits per heavy atom. The molecule has 8 nitrogen and oxygen atoms in total. The second kappa shape index (κ2) is 3.69. The number of aryl methyl sites for hydroxylation is 1. The lowest BCUT2D eigenvalue weighted by molar-refractivity contribution is 0.659. The van der Waals surface area contributed by atoms with Crippen molar-refractivity contribution >= 4 is 23.1 Å². The molecule has 0 radical (unpaired) electrons. The van der Waals surface area contributed by atoms with E-state index in [4.69, 9.17) is 11.5 Å². The van der Waals surface area contributed by atoms with Gasteiger partial charge in [-0.15, -0.1) is 0 Å². The Balaban J connectivity index is 2.26. The highest BCUT2D eigenvalue weighted by molar-refractivity contribution is 5.76. The van der Waals surface area contributed by atoms with Gasteiger partial charge in [-0.05, 0) is 6.92 Å². The van der Waals surface area contributed by atoms with Crippen LogP contribution in [0.25, 0.3) is 16.9 Å². The van der Waals surface area contributed by atoms with Crippen molar-refractivity contribution in [3.63, 3.8) is 0 Å². The van der Waals surface area contributed by atoms with Gasteiger partial charge in [-0.25, -0.2) is 9.97 Å². The molecular weight excluding hydrogens is 232 g/mol. The Hall–Kier alpha value is -2.64. The van der Waals surface area contributed by atoms with Gasteiger partial charge in [0, 0.05) is 12.7 Å². The van der Waals surface area contributed by atoms with Crippen molar-refractivity contribution in [1.29, 1.82) is 0 Å². The third kappa shape index (κ3) is 1.46. The molecule has 0 saturated heterocycles. The number of nitrogens with two attached hydrogens (primary N) is 2. The second-order valence-corrected chi connectivity index (χ2v) is 3.80. The van der Waals surface area contributed by atoms with Crippen molar-refractivity contribution in [2.75, 3.05) is 11.5 Å². The Morgan fingerprint density at radius 3 is 2.78 bits per heavy atom. The lowest BCUT2D eigenvalue weighted by Gasteiger charge is -2.01. The number of nitrogen functional groups attached to an aromatic ring is 2. The predicted molar refractivity (Wildman–Crippen MR) is 66.9 cm³/mol. The van der Waals surface area contributed by atoms with Crippen molar-refractivity contribution in [2.24, 2.45) is 0 Å².